The summed E-state index contributed by atoms with van der Waals surface area (Å²) in [6.07, 6.45) is -5.75. The molecule has 38 heavy (non-hydrogen) atoms. The van der Waals surface area contributed by atoms with E-state index in [9.17, 15) is 43.5 Å². The minimum atomic E-state index is -5.75. The molecule has 0 aliphatic rings. The van der Waals surface area contributed by atoms with Gasteiger partial charge in [0, 0.05) is 11.1 Å². The van der Waals surface area contributed by atoms with Crippen LogP contribution in [0.4, 0.5) is 40.8 Å². The van der Waals surface area contributed by atoms with Gasteiger partial charge in [-0.15, -0.1) is 0 Å². The predicted octanol–water partition coefficient (Wildman–Crippen LogP) is 6.73. The van der Waals surface area contributed by atoms with Crippen LogP contribution in [0.2, 0.25) is 0 Å². The van der Waals surface area contributed by atoms with E-state index in [2.05, 4.69) is 14.7 Å². The Kier molecular flexibility index (Phi) is 6.76. The fourth-order valence-electron chi connectivity index (χ4n) is 3.31. The Bertz CT molecular complexity index is 1560. The molecular formula is C23H15F8N3O3S. The van der Waals surface area contributed by atoms with Crippen molar-refractivity contribution in [3.8, 4) is 28.3 Å². The molecule has 0 atom stereocenters. The number of ether oxygens (including phenoxy) is 1. The molecule has 0 amide bonds. The van der Waals surface area contributed by atoms with E-state index in [-0.39, 0.29) is 22.8 Å². The maximum Gasteiger partial charge on any atom is 0.516 e. The third kappa shape index (κ3) is 5.51. The predicted molar refractivity (Wildman–Crippen MR) is 122 cm³/mol. The van der Waals surface area contributed by atoms with Crippen LogP contribution in [-0.4, -0.2) is 42.6 Å². The Morgan fingerprint density at radius 3 is 2.11 bits per heavy atom. The average Bonchev–Trinajstić information content (AvgIpc) is 3.25. The second kappa shape index (κ2) is 9.45. The maximum atomic E-state index is 13.0. The first-order valence-corrected chi connectivity index (χ1v) is 11.9. The first-order chi connectivity index (χ1) is 17.6. The zero-order chi connectivity index (χ0) is 27.9. The van der Waals surface area contributed by atoms with E-state index < -0.39 is 34.2 Å². The Hall–Kier alpha value is -3.88. The van der Waals surface area contributed by atoms with Crippen LogP contribution in [0.25, 0.3) is 33.5 Å². The van der Waals surface area contributed by atoms with E-state index in [1.807, 2.05) is 0 Å². The van der Waals surface area contributed by atoms with Gasteiger partial charge in [-0.1, -0.05) is 24.3 Å². The number of benzene rings is 3. The molecule has 15 heteroatoms. The number of aromatic amines is 1. The van der Waals surface area contributed by atoms with Gasteiger partial charge in [0.1, 0.15) is 11.6 Å². The normalized spacial score (nSPS) is 13.1. The number of fused-ring (bicyclic) bond motifs is 1. The van der Waals surface area contributed by atoms with Crippen LogP contribution >= 0.6 is 0 Å². The zero-order valence-electron chi connectivity index (χ0n) is 18.7. The van der Waals surface area contributed by atoms with Crippen molar-refractivity contribution in [2.75, 3.05) is 11.3 Å². The summed E-state index contributed by atoms with van der Waals surface area (Å²) in [5.74, 6) is -4.96. The second-order valence-electron chi connectivity index (χ2n) is 7.93. The summed E-state index contributed by atoms with van der Waals surface area (Å²) in [6.45, 7) is -1.89. The molecule has 0 aliphatic carbocycles. The van der Waals surface area contributed by atoms with Gasteiger partial charge >= 0.3 is 27.6 Å². The number of hydrogen-bond acceptors (Lipinski definition) is 4. The molecule has 2 N–H and O–H groups in total. The van der Waals surface area contributed by atoms with Crippen molar-refractivity contribution in [1.82, 2.24) is 9.97 Å². The van der Waals surface area contributed by atoms with Gasteiger partial charge < -0.3 is 9.72 Å². The number of rotatable bonds is 7. The lowest BCUT2D eigenvalue weighted by Gasteiger charge is -2.19. The van der Waals surface area contributed by atoms with E-state index in [0.717, 1.165) is 0 Å². The molecular weight excluding hydrogens is 550 g/mol. The van der Waals surface area contributed by atoms with Crippen LogP contribution in [0.15, 0.2) is 66.7 Å². The smallest absolute Gasteiger partial charge is 0.487 e. The maximum absolute atomic E-state index is 13.0. The van der Waals surface area contributed by atoms with Crippen molar-refractivity contribution >= 4 is 26.7 Å². The monoisotopic (exact) mass is 565 g/mol. The Morgan fingerprint density at radius 2 is 1.47 bits per heavy atom. The number of halogens is 8. The Labute approximate surface area is 209 Å². The molecule has 0 saturated heterocycles. The first kappa shape index (κ1) is 27.2. The van der Waals surface area contributed by atoms with Crippen molar-refractivity contribution in [2.24, 2.45) is 0 Å². The standard InChI is InChI=1S/C23H15F8N3O3S/c24-21(25,22(26,27)28)12-37-15-8-5-13(6-9-15)20-32-18-10-7-14(11-19(18)33-20)16-3-1-2-4-17(16)34-38(35,36)23(29,30)31/h1-11,34H,12H2,(H,32,33). The molecule has 0 fully saturated rings. The van der Waals surface area contributed by atoms with Gasteiger partial charge in [0.25, 0.3) is 0 Å². The third-order valence-electron chi connectivity index (χ3n) is 5.23. The summed E-state index contributed by atoms with van der Waals surface area (Å²) in [5, 5.41) is 0. The summed E-state index contributed by atoms with van der Waals surface area (Å²) in [5.41, 5.74) is -4.00. The van der Waals surface area contributed by atoms with Gasteiger partial charge in [-0.05, 0) is 48.0 Å². The van der Waals surface area contributed by atoms with Gasteiger partial charge in [-0.3, -0.25) is 4.72 Å². The first-order valence-electron chi connectivity index (χ1n) is 10.4. The van der Waals surface area contributed by atoms with Crippen molar-refractivity contribution in [2.45, 2.75) is 17.6 Å². The number of para-hydroxylation sites is 1. The van der Waals surface area contributed by atoms with E-state index in [0.29, 0.717) is 22.2 Å². The lowest BCUT2D eigenvalue weighted by atomic mass is 10.0. The van der Waals surface area contributed by atoms with Crippen LogP contribution in [0.3, 0.4) is 0 Å². The molecule has 0 saturated carbocycles. The summed E-state index contributed by atoms with van der Waals surface area (Å²) >= 11 is 0. The average molecular weight is 565 g/mol. The topological polar surface area (TPSA) is 84.1 Å². The lowest BCUT2D eigenvalue weighted by molar-refractivity contribution is -0.290. The van der Waals surface area contributed by atoms with E-state index in [1.165, 1.54) is 71.5 Å². The number of sulfonamides is 1. The zero-order valence-corrected chi connectivity index (χ0v) is 19.5. The minimum absolute atomic E-state index is 0.163. The molecule has 0 aliphatic heterocycles. The summed E-state index contributed by atoms with van der Waals surface area (Å²) in [4.78, 5) is 7.32. The quantitative estimate of drug-likeness (QED) is 0.243. The highest BCUT2D eigenvalue weighted by Gasteiger charge is 2.58. The van der Waals surface area contributed by atoms with Crippen molar-refractivity contribution < 1.29 is 48.3 Å². The fraction of sp³-hybridized carbons (Fsp3) is 0.174. The highest BCUT2D eigenvalue weighted by atomic mass is 32.2. The Balaban J connectivity index is 1.58. The highest BCUT2D eigenvalue weighted by Crippen LogP contribution is 2.36. The van der Waals surface area contributed by atoms with Crippen LogP contribution in [0.1, 0.15) is 0 Å². The Morgan fingerprint density at radius 1 is 0.842 bits per heavy atom. The largest absolute Gasteiger partial charge is 0.516 e. The number of nitrogens with zero attached hydrogens (tertiary/aromatic N) is 1. The molecule has 0 radical (unpaired) electrons. The summed E-state index contributed by atoms with van der Waals surface area (Å²) in [7, 11) is -5.66. The minimum Gasteiger partial charge on any atom is -0.487 e. The lowest BCUT2D eigenvalue weighted by Crippen LogP contribution is -2.41. The van der Waals surface area contributed by atoms with Crippen molar-refractivity contribution in [3.05, 3.63) is 66.7 Å². The van der Waals surface area contributed by atoms with Crippen LogP contribution in [-0.2, 0) is 10.0 Å². The summed E-state index contributed by atoms with van der Waals surface area (Å²) < 4.78 is 131. The van der Waals surface area contributed by atoms with E-state index >= 15 is 0 Å². The van der Waals surface area contributed by atoms with E-state index in [4.69, 9.17) is 0 Å². The second-order valence-corrected chi connectivity index (χ2v) is 9.60. The number of alkyl halides is 8. The molecule has 1 aromatic heterocycles. The number of aromatic nitrogens is 2. The van der Waals surface area contributed by atoms with Crippen LogP contribution in [0, 0.1) is 0 Å². The molecule has 6 nitrogen and oxygen atoms in total. The van der Waals surface area contributed by atoms with Crippen molar-refractivity contribution in [1.29, 1.82) is 0 Å². The van der Waals surface area contributed by atoms with Gasteiger partial charge in [-0.2, -0.15) is 43.5 Å². The molecule has 202 valence electrons. The fourth-order valence-corrected chi connectivity index (χ4v) is 3.89. The third-order valence-corrected chi connectivity index (χ3v) is 6.33. The van der Waals surface area contributed by atoms with Crippen LogP contribution in [0.5, 0.6) is 5.75 Å². The number of hydrogen-bond donors (Lipinski definition) is 2. The molecule has 0 spiro atoms. The van der Waals surface area contributed by atoms with Gasteiger partial charge in [-0.25, -0.2) is 4.98 Å². The highest BCUT2D eigenvalue weighted by molar-refractivity contribution is 7.93. The molecule has 4 rings (SSSR count). The van der Waals surface area contributed by atoms with Gasteiger partial charge in [0.2, 0.25) is 0 Å². The molecule has 0 unspecified atom stereocenters. The molecule has 4 aromatic rings. The van der Waals surface area contributed by atoms with E-state index in [1.54, 1.807) is 0 Å². The van der Waals surface area contributed by atoms with Crippen molar-refractivity contribution in [3.63, 3.8) is 0 Å². The molecule has 3 aromatic carbocycles. The number of nitrogens with one attached hydrogen (secondary N) is 2. The molecule has 0 bridgehead atoms. The number of H-pyrrole nitrogens is 1. The van der Waals surface area contributed by atoms with Gasteiger partial charge in [0.05, 0.1) is 16.7 Å². The number of imidazole rings is 1. The van der Waals surface area contributed by atoms with Crippen LogP contribution < -0.4 is 9.46 Å². The van der Waals surface area contributed by atoms with Gasteiger partial charge in [0.15, 0.2) is 6.61 Å². The molecule has 1 heterocycles. The summed E-state index contributed by atoms with van der Waals surface area (Å²) in [6, 6.07) is 15.2. The SMILES string of the molecule is O=S(=O)(Nc1ccccc1-c1ccc2nc(-c3ccc(OCC(F)(F)C(F)(F)F)cc3)[nH]c2c1)C(F)(F)F. The number of anilines is 1.